The van der Waals surface area contributed by atoms with Gasteiger partial charge in [-0.3, -0.25) is 14.1 Å². The first-order valence-corrected chi connectivity index (χ1v) is 4.69. The number of carbonyl (C=O) groups excluding carboxylic acids is 1. The van der Waals surface area contributed by atoms with Gasteiger partial charge in [-0.15, -0.1) is 0 Å². The van der Waals surface area contributed by atoms with E-state index in [4.69, 9.17) is 9.66 Å². The number of hydrogen-bond acceptors (Lipinski definition) is 4. The average molecular weight is 211 g/mol. The van der Waals surface area contributed by atoms with Crippen LogP contribution < -0.4 is 5.32 Å². The maximum atomic E-state index is 10.4. The summed E-state index contributed by atoms with van der Waals surface area (Å²) in [4.78, 5) is 20.6. The minimum atomic E-state index is -4.67. The van der Waals surface area contributed by atoms with Crippen LogP contribution in [0.2, 0.25) is 0 Å². The summed E-state index contributed by atoms with van der Waals surface area (Å²) in [5, 5.41) is 8.29. The average Bonchev–Trinajstić information content (AvgIpc) is 1.81. The second kappa shape index (κ2) is 4.19. The van der Waals surface area contributed by atoms with Crippen LogP contribution in [0.15, 0.2) is 0 Å². The Morgan fingerprint density at radius 1 is 1.46 bits per heavy atom. The van der Waals surface area contributed by atoms with Crippen LogP contribution in [0.4, 0.5) is 0 Å². The van der Waals surface area contributed by atoms with Crippen molar-refractivity contribution in [1.29, 1.82) is 0 Å². The first-order chi connectivity index (χ1) is 5.75. The summed E-state index contributed by atoms with van der Waals surface area (Å²) in [7, 11) is -4.67. The maximum Gasteiger partial charge on any atom is 0.326 e. The van der Waals surface area contributed by atoms with Crippen molar-refractivity contribution in [1.82, 2.24) is 5.32 Å². The van der Waals surface area contributed by atoms with Crippen molar-refractivity contribution in [2.45, 2.75) is 12.2 Å². The molecule has 1 unspecified atom stereocenters. The van der Waals surface area contributed by atoms with Gasteiger partial charge in [-0.05, 0) is 0 Å². The summed E-state index contributed by atoms with van der Waals surface area (Å²) in [6.45, 7) is 0.451. The normalized spacial score (nSPS) is 13.4. The van der Waals surface area contributed by atoms with Gasteiger partial charge in [0.25, 0.3) is 10.1 Å². The third-order valence-corrected chi connectivity index (χ3v) is 2.26. The zero-order valence-electron chi connectivity index (χ0n) is 6.72. The zero-order valence-corrected chi connectivity index (χ0v) is 7.54. The Bertz CT molecular complexity index is 307. The highest BCUT2D eigenvalue weighted by Crippen LogP contribution is 1.97. The Balaban J connectivity index is 4.47. The molecule has 0 saturated heterocycles. The van der Waals surface area contributed by atoms with Gasteiger partial charge in [0.15, 0.2) is 0 Å². The molecule has 0 rings (SSSR count). The zero-order chi connectivity index (χ0) is 10.6. The molecule has 1 amide bonds. The largest absolute Gasteiger partial charge is 0.480 e. The van der Waals surface area contributed by atoms with E-state index in [1.165, 1.54) is 0 Å². The second-order valence-electron chi connectivity index (χ2n) is 2.28. The summed E-state index contributed by atoms with van der Waals surface area (Å²) in [6, 6.07) is 0. The highest BCUT2D eigenvalue weighted by atomic mass is 32.2. The van der Waals surface area contributed by atoms with E-state index in [-0.39, 0.29) is 0 Å². The lowest BCUT2D eigenvalue weighted by atomic mass is 10.4. The summed E-state index contributed by atoms with van der Waals surface area (Å²) in [5.74, 6) is -2.29. The molecule has 0 aliphatic carbocycles. The van der Waals surface area contributed by atoms with Crippen molar-refractivity contribution < 1.29 is 27.7 Å². The molecule has 1 atom stereocenters. The first-order valence-electron chi connectivity index (χ1n) is 3.18. The molecule has 0 aromatic carbocycles. The number of aliphatic carboxylic acids is 1. The molecule has 0 radical (unpaired) electrons. The molecular weight excluding hydrogens is 202 g/mol. The molecule has 7 nitrogen and oxygen atoms in total. The number of rotatable bonds is 4. The highest BCUT2D eigenvalue weighted by molar-refractivity contribution is 7.87. The van der Waals surface area contributed by atoms with Gasteiger partial charge in [-0.25, -0.2) is 0 Å². The first kappa shape index (κ1) is 11.8. The molecule has 0 aliphatic rings. The minimum Gasteiger partial charge on any atom is -0.480 e. The SMILES string of the molecule is CC(=O)NCC(C(=O)O)S(=O)(=O)O. The minimum absolute atomic E-state index is 0.574. The lowest BCUT2D eigenvalue weighted by Crippen LogP contribution is -2.40. The predicted molar refractivity (Wildman–Crippen MR) is 41.7 cm³/mol. The molecule has 0 bridgehead atoms. The number of nitrogens with one attached hydrogen (secondary N) is 1. The molecule has 0 fully saturated rings. The van der Waals surface area contributed by atoms with Crippen molar-refractivity contribution in [3.8, 4) is 0 Å². The molecule has 0 saturated carbocycles. The molecule has 0 spiro atoms. The Hall–Kier alpha value is -1.15. The van der Waals surface area contributed by atoms with Gasteiger partial charge in [0.1, 0.15) is 0 Å². The molecule has 8 heteroatoms. The summed E-state index contributed by atoms with van der Waals surface area (Å²) in [5.41, 5.74) is 0. The van der Waals surface area contributed by atoms with Crippen molar-refractivity contribution in [3.63, 3.8) is 0 Å². The van der Waals surface area contributed by atoms with Crippen LogP contribution >= 0.6 is 0 Å². The molecule has 0 heterocycles. The van der Waals surface area contributed by atoms with Crippen LogP contribution in [0.3, 0.4) is 0 Å². The van der Waals surface area contributed by atoms with Gasteiger partial charge in [0.05, 0.1) is 0 Å². The van der Waals surface area contributed by atoms with Gasteiger partial charge < -0.3 is 10.4 Å². The van der Waals surface area contributed by atoms with Crippen molar-refractivity contribution in [3.05, 3.63) is 0 Å². The Kier molecular flexibility index (Phi) is 3.82. The third-order valence-electron chi connectivity index (χ3n) is 1.17. The molecule has 3 N–H and O–H groups in total. The van der Waals surface area contributed by atoms with Crippen molar-refractivity contribution in [2.24, 2.45) is 0 Å². The lowest BCUT2D eigenvalue weighted by molar-refractivity contribution is -0.136. The van der Waals surface area contributed by atoms with E-state index in [2.05, 4.69) is 0 Å². The Morgan fingerprint density at radius 2 is 1.92 bits per heavy atom. The Labute approximate surface area is 74.5 Å². The number of carbonyl (C=O) groups is 2. The molecule has 0 aliphatic heterocycles. The van der Waals surface area contributed by atoms with Crippen LogP contribution in [0.1, 0.15) is 6.92 Å². The van der Waals surface area contributed by atoms with Crippen molar-refractivity contribution in [2.75, 3.05) is 6.54 Å². The van der Waals surface area contributed by atoms with E-state index in [0.29, 0.717) is 0 Å². The van der Waals surface area contributed by atoms with Crippen molar-refractivity contribution >= 4 is 22.0 Å². The highest BCUT2D eigenvalue weighted by Gasteiger charge is 2.30. The van der Waals surface area contributed by atoms with E-state index >= 15 is 0 Å². The fourth-order valence-corrected chi connectivity index (χ4v) is 1.11. The lowest BCUT2D eigenvalue weighted by Gasteiger charge is -2.08. The van der Waals surface area contributed by atoms with Gasteiger partial charge >= 0.3 is 5.97 Å². The summed E-state index contributed by atoms with van der Waals surface area (Å²) in [6.07, 6.45) is 0. The molecule has 0 aromatic rings. The predicted octanol–water partition coefficient (Wildman–Crippen LogP) is -1.54. The number of amides is 1. The van der Waals surface area contributed by atoms with Gasteiger partial charge in [-0.2, -0.15) is 8.42 Å². The summed E-state index contributed by atoms with van der Waals surface area (Å²) >= 11 is 0. The van der Waals surface area contributed by atoms with Crippen LogP contribution in [0.25, 0.3) is 0 Å². The number of carboxylic acids is 1. The maximum absolute atomic E-state index is 10.4. The van der Waals surface area contributed by atoms with E-state index in [1.54, 1.807) is 0 Å². The fourth-order valence-electron chi connectivity index (χ4n) is 0.556. The van der Waals surface area contributed by atoms with Crippen LogP contribution in [-0.4, -0.2) is 41.7 Å². The van der Waals surface area contributed by atoms with Gasteiger partial charge in [-0.1, -0.05) is 0 Å². The standard InChI is InChI=1S/C5H9NO6S/c1-3(7)6-2-4(5(8)9)13(10,11)12/h4H,2H2,1H3,(H,6,7)(H,8,9)(H,10,11,12). The number of hydrogen-bond donors (Lipinski definition) is 3. The monoisotopic (exact) mass is 211 g/mol. The smallest absolute Gasteiger partial charge is 0.326 e. The van der Waals surface area contributed by atoms with E-state index < -0.39 is 33.8 Å². The van der Waals surface area contributed by atoms with Gasteiger partial charge in [0, 0.05) is 13.5 Å². The van der Waals surface area contributed by atoms with Gasteiger partial charge in [0.2, 0.25) is 11.2 Å². The third kappa shape index (κ3) is 4.43. The fraction of sp³-hybridized carbons (Fsp3) is 0.600. The second-order valence-corrected chi connectivity index (χ2v) is 3.88. The van der Waals surface area contributed by atoms with E-state index in [1.807, 2.05) is 5.32 Å². The Morgan fingerprint density at radius 3 is 2.15 bits per heavy atom. The van der Waals surface area contributed by atoms with E-state index in [0.717, 1.165) is 6.92 Å². The van der Waals surface area contributed by atoms with Crippen LogP contribution in [0.5, 0.6) is 0 Å². The van der Waals surface area contributed by atoms with Crippen LogP contribution in [0, 0.1) is 0 Å². The molecular formula is C5H9NO6S. The van der Waals surface area contributed by atoms with E-state index in [9.17, 15) is 18.0 Å². The quantitative estimate of drug-likeness (QED) is 0.485. The molecule has 76 valence electrons. The molecule has 0 aromatic heterocycles. The van der Waals surface area contributed by atoms with Crippen LogP contribution in [-0.2, 0) is 19.7 Å². The summed E-state index contributed by atoms with van der Waals surface area (Å²) < 4.78 is 29.2. The topological polar surface area (TPSA) is 121 Å². The number of carboxylic acid groups (broad SMARTS) is 1. The molecule has 13 heavy (non-hydrogen) atoms.